The molecule has 1 fully saturated rings. The van der Waals surface area contributed by atoms with E-state index in [4.69, 9.17) is 13.9 Å². The molecular weight excluding hydrogens is 426 g/mol. The Morgan fingerprint density at radius 1 is 1.06 bits per heavy atom. The lowest BCUT2D eigenvalue weighted by atomic mass is 10.0. The van der Waals surface area contributed by atoms with Gasteiger partial charge >= 0.3 is 5.97 Å². The predicted molar refractivity (Wildman–Crippen MR) is 119 cm³/mol. The second-order valence-corrected chi connectivity index (χ2v) is 7.23. The number of amides is 2. The third-order valence-corrected chi connectivity index (χ3v) is 5.14. The van der Waals surface area contributed by atoms with E-state index in [0.29, 0.717) is 48.7 Å². The minimum Gasteiger partial charge on any atom is -0.462 e. The molecule has 1 aromatic heterocycles. The highest BCUT2D eigenvalue weighted by molar-refractivity contribution is 6.08. The van der Waals surface area contributed by atoms with Gasteiger partial charge in [0.1, 0.15) is 0 Å². The van der Waals surface area contributed by atoms with Gasteiger partial charge in [0.25, 0.3) is 11.8 Å². The van der Waals surface area contributed by atoms with E-state index in [-0.39, 0.29) is 24.0 Å². The topological polar surface area (TPSA) is 111 Å². The third-order valence-electron chi connectivity index (χ3n) is 5.14. The molecule has 0 unspecified atom stereocenters. The quantitative estimate of drug-likeness (QED) is 0.575. The summed E-state index contributed by atoms with van der Waals surface area (Å²) in [5.74, 6) is -0.897. The van der Waals surface area contributed by atoms with Crippen molar-refractivity contribution >= 4 is 23.5 Å². The van der Waals surface area contributed by atoms with Crippen molar-refractivity contribution in [2.75, 3.05) is 38.2 Å². The largest absolute Gasteiger partial charge is 0.462 e. The molecule has 9 heteroatoms. The van der Waals surface area contributed by atoms with Crippen molar-refractivity contribution in [3.05, 3.63) is 71.7 Å². The number of esters is 1. The fraction of sp³-hybridized carbons (Fsp3) is 0.250. The van der Waals surface area contributed by atoms with Gasteiger partial charge in [0.2, 0.25) is 0 Å². The molecule has 2 aromatic carbocycles. The Balaban J connectivity index is 1.56. The molecule has 9 nitrogen and oxygen atoms in total. The minimum atomic E-state index is -0.503. The van der Waals surface area contributed by atoms with E-state index in [1.807, 2.05) is 0 Å². The monoisotopic (exact) mass is 449 g/mol. The molecule has 0 spiro atoms. The highest BCUT2D eigenvalue weighted by Crippen LogP contribution is 2.28. The Hall–Kier alpha value is -3.98. The van der Waals surface area contributed by atoms with Gasteiger partial charge in [-0.25, -0.2) is 9.78 Å². The predicted octanol–water partition coefficient (Wildman–Crippen LogP) is 3.24. The molecule has 1 N–H and O–H groups in total. The summed E-state index contributed by atoms with van der Waals surface area (Å²) < 4.78 is 15.8. The second kappa shape index (κ2) is 10.1. The molecule has 1 aliphatic heterocycles. The van der Waals surface area contributed by atoms with Crippen molar-refractivity contribution in [1.82, 2.24) is 9.88 Å². The van der Waals surface area contributed by atoms with Crippen LogP contribution in [0.5, 0.6) is 0 Å². The van der Waals surface area contributed by atoms with Crippen molar-refractivity contribution in [3.63, 3.8) is 0 Å². The summed E-state index contributed by atoms with van der Waals surface area (Å²) in [6.07, 6.45) is 1.17. The molecule has 1 saturated heterocycles. The maximum absolute atomic E-state index is 13.1. The number of nitrogens with one attached hydrogen (secondary N) is 1. The number of ether oxygens (including phenoxy) is 2. The number of anilines is 1. The van der Waals surface area contributed by atoms with Crippen LogP contribution >= 0.6 is 0 Å². The van der Waals surface area contributed by atoms with Crippen LogP contribution in [0.4, 0.5) is 5.69 Å². The molecule has 0 atom stereocenters. The molecule has 4 rings (SSSR count). The van der Waals surface area contributed by atoms with Gasteiger partial charge in [-0.05, 0) is 37.3 Å². The van der Waals surface area contributed by atoms with Crippen LogP contribution in [0.25, 0.3) is 11.3 Å². The standard InChI is InChI=1S/C24H23N3O6/c1-2-32-24(30)16-7-9-17(10-8-16)26-22(28)20-21(33-15-25-20)18-5-3-4-6-19(18)23(29)27-11-13-31-14-12-27/h3-10,15H,2,11-14H2,1H3,(H,26,28). The van der Waals surface area contributed by atoms with E-state index >= 15 is 0 Å². The van der Waals surface area contributed by atoms with E-state index in [1.165, 1.54) is 6.39 Å². The Morgan fingerprint density at radius 2 is 1.79 bits per heavy atom. The van der Waals surface area contributed by atoms with Crippen molar-refractivity contribution in [3.8, 4) is 11.3 Å². The van der Waals surface area contributed by atoms with E-state index in [0.717, 1.165) is 0 Å². The second-order valence-electron chi connectivity index (χ2n) is 7.23. The highest BCUT2D eigenvalue weighted by atomic mass is 16.5. The molecule has 1 aliphatic rings. The zero-order valence-electron chi connectivity index (χ0n) is 18.1. The van der Waals surface area contributed by atoms with Crippen LogP contribution in [0.3, 0.4) is 0 Å². The Labute approximate surface area is 190 Å². The van der Waals surface area contributed by atoms with Gasteiger partial charge in [0, 0.05) is 24.3 Å². The number of nitrogens with zero attached hydrogens (tertiary/aromatic N) is 2. The highest BCUT2D eigenvalue weighted by Gasteiger charge is 2.26. The van der Waals surface area contributed by atoms with E-state index in [1.54, 1.807) is 60.4 Å². The number of hydrogen-bond donors (Lipinski definition) is 1. The van der Waals surface area contributed by atoms with Crippen LogP contribution in [0.2, 0.25) is 0 Å². The maximum atomic E-state index is 13.1. The normalized spacial score (nSPS) is 13.4. The number of hydrogen-bond acceptors (Lipinski definition) is 7. The van der Waals surface area contributed by atoms with E-state index < -0.39 is 11.9 Å². The van der Waals surface area contributed by atoms with Crippen molar-refractivity contribution in [2.24, 2.45) is 0 Å². The van der Waals surface area contributed by atoms with Gasteiger partial charge in [-0.3, -0.25) is 9.59 Å². The summed E-state index contributed by atoms with van der Waals surface area (Å²) >= 11 is 0. The smallest absolute Gasteiger partial charge is 0.338 e. The first-order valence-corrected chi connectivity index (χ1v) is 10.6. The first-order valence-electron chi connectivity index (χ1n) is 10.6. The number of aromatic nitrogens is 1. The molecule has 2 amide bonds. The molecule has 0 saturated carbocycles. The lowest BCUT2D eigenvalue weighted by molar-refractivity contribution is 0.0303. The van der Waals surface area contributed by atoms with Crippen LogP contribution in [-0.2, 0) is 9.47 Å². The lowest BCUT2D eigenvalue weighted by Crippen LogP contribution is -2.40. The Morgan fingerprint density at radius 3 is 2.52 bits per heavy atom. The van der Waals surface area contributed by atoms with Crippen molar-refractivity contribution in [1.29, 1.82) is 0 Å². The first-order chi connectivity index (χ1) is 16.1. The number of carbonyl (C=O) groups is 3. The fourth-order valence-corrected chi connectivity index (χ4v) is 3.50. The third kappa shape index (κ3) is 4.93. The summed E-state index contributed by atoms with van der Waals surface area (Å²) in [5.41, 5.74) is 1.80. The number of benzene rings is 2. The number of carbonyl (C=O) groups excluding carboxylic acids is 3. The van der Waals surface area contributed by atoms with E-state index in [2.05, 4.69) is 10.3 Å². The summed E-state index contributed by atoms with van der Waals surface area (Å²) in [5, 5.41) is 2.74. The first kappa shape index (κ1) is 22.2. The molecular formula is C24H23N3O6. The molecule has 0 bridgehead atoms. The van der Waals surface area contributed by atoms with Crippen LogP contribution < -0.4 is 5.32 Å². The zero-order valence-corrected chi connectivity index (χ0v) is 18.1. The van der Waals surface area contributed by atoms with Crippen LogP contribution in [0, 0.1) is 0 Å². The fourth-order valence-electron chi connectivity index (χ4n) is 3.50. The van der Waals surface area contributed by atoms with Gasteiger partial charge < -0.3 is 24.1 Å². The summed E-state index contributed by atoms with van der Waals surface area (Å²) in [4.78, 5) is 43.6. The van der Waals surface area contributed by atoms with Crippen molar-refractivity contribution in [2.45, 2.75) is 6.92 Å². The summed E-state index contributed by atoms with van der Waals surface area (Å²) in [6, 6.07) is 13.3. The van der Waals surface area contributed by atoms with E-state index in [9.17, 15) is 14.4 Å². The summed E-state index contributed by atoms with van der Waals surface area (Å²) in [7, 11) is 0. The average Bonchev–Trinajstić information content (AvgIpc) is 3.35. The minimum absolute atomic E-state index is 0.0479. The van der Waals surface area contributed by atoms with Gasteiger partial charge in [0.05, 0.1) is 30.9 Å². The van der Waals surface area contributed by atoms with Crippen LogP contribution in [-0.4, -0.2) is 60.6 Å². The molecule has 0 radical (unpaired) electrons. The molecule has 170 valence electrons. The Kier molecular flexibility index (Phi) is 6.80. The SMILES string of the molecule is CCOC(=O)c1ccc(NC(=O)c2ncoc2-c2ccccc2C(=O)N2CCOCC2)cc1. The molecule has 33 heavy (non-hydrogen) atoms. The number of morpholine rings is 1. The van der Waals surface area contributed by atoms with Gasteiger partial charge in [0.15, 0.2) is 17.8 Å². The Bertz CT molecular complexity index is 1150. The molecule has 2 heterocycles. The van der Waals surface area contributed by atoms with Crippen molar-refractivity contribution < 1.29 is 28.3 Å². The molecule has 3 aromatic rings. The van der Waals surface area contributed by atoms with Gasteiger partial charge in [-0.1, -0.05) is 18.2 Å². The van der Waals surface area contributed by atoms with Crippen LogP contribution in [0.15, 0.2) is 59.3 Å². The number of rotatable bonds is 6. The molecule has 0 aliphatic carbocycles. The van der Waals surface area contributed by atoms with Crippen LogP contribution in [0.1, 0.15) is 38.1 Å². The maximum Gasteiger partial charge on any atom is 0.338 e. The summed E-state index contributed by atoms with van der Waals surface area (Å²) in [6.45, 7) is 3.98. The number of oxazole rings is 1. The van der Waals surface area contributed by atoms with Gasteiger partial charge in [-0.15, -0.1) is 0 Å². The zero-order chi connectivity index (χ0) is 23.2. The average molecular weight is 449 g/mol. The lowest BCUT2D eigenvalue weighted by Gasteiger charge is -2.27. The van der Waals surface area contributed by atoms with Gasteiger partial charge in [-0.2, -0.15) is 0 Å².